The van der Waals surface area contributed by atoms with Crippen LogP contribution in [0.3, 0.4) is 0 Å². The molecule has 1 fully saturated rings. The van der Waals surface area contributed by atoms with Gasteiger partial charge in [-0.1, -0.05) is 23.2 Å². The molecule has 18 heavy (non-hydrogen) atoms. The first kappa shape index (κ1) is 13.8. The number of benzene rings is 1. The zero-order valence-electron chi connectivity index (χ0n) is 10.4. The van der Waals surface area contributed by atoms with Crippen molar-refractivity contribution in [2.75, 3.05) is 24.3 Å². The Bertz CT molecular complexity index is 396. The summed E-state index contributed by atoms with van der Waals surface area (Å²) >= 11 is 12.3. The molecule has 5 heteroatoms. The van der Waals surface area contributed by atoms with E-state index >= 15 is 0 Å². The van der Waals surface area contributed by atoms with E-state index in [1.54, 1.807) is 12.1 Å². The van der Waals surface area contributed by atoms with Crippen molar-refractivity contribution >= 4 is 34.6 Å². The van der Waals surface area contributed by atoms with Crippen molar-refractivity contribution in [1.29, 1.82) is 0 Å². The third kappa shape index (κ3) is 3.22. The smallest absolute Gasteiger partial charge is 0.0722 e. The molecule has 1 aromatic rings. The molecule has 0 spiro atoms. The van der Waals surface area contributed by atoms with Gasteiger partial charge in [-0.15, -0.1) is 0 Å². The van der Waals surface area contributed by atoms with Crippen molar-refractivity contribution in [2.24, 2.45) is 5.92 Å². The Morgan fingerprint density at radius 1 is 1.28 bits per heavy atom. The minimum atomic E-state index is 0.313. The number of nitrogens with two attached hydrogens (primary N) is 1. The Kier molecular flexibility index (Phi) is 4.60. The van der Waals surface area contributed by atoms with E-state index in [2.05, 4.69) is 12.2 Å². The SMILES string of the molecule is CC(Nc1c(Cl)cc(N)cc1Cl)C1CCOCC1. The topological polar surface area (TPSA) is 47.3 Å². The molecule has 1 unspecified atom stereocenters. The van der Waals surface area contributed by atoms with E-state index in [0.717, 1.165) is 31.7 Å². The van der Waals surface area contributed by atoms with Gasteiger partial charge in [-0.3, -0.25) is 0 Å². The van der Waals surface area contributed by atoms with E-state index in [9.17, 15) is 0 Å². The minimum absolute atomic E-state index is 0.313. The molecule has 0 amide bonds. The first-order chi connectivity index (χ1) is 8.58. The van der Waals surface area contributed by atoms with Crippen LogP contribution in [0.25, 0.3) is 0 Å². The van der Waals surface area contributed by atoms with Crippen molar-refractivity contribution in [3.63, 3.8) is 0 Å². The Morgan fingerprint density at radius 2 is 1.83 bits per heavy atom. The molecule has 1 heterocycles. The molecule has 1 aliphatic heterocycles. The molecule has 100 valence electrons. The summed E-state index contributed by atoms with van der Waals surface area (Å²) in [6.45, 7) is 3.82. The first-order valence-corrected chi connectivity index (χ1v) is 6.92. The molecule has 2 rings (SSSR count). The summed E-state index contributed by atoms with van der Waals surface area (Å²) in [7, 11) is 0. The van der Waals surface area contributed by atoms with Crippen LogP contribution in [0.2, 0.25) is 10.0 Å². The largest absolute Gasteiger partial charge is 0.399 e. The molecule has 1 saturated heterocycles. The highest BCUT2D eigenvalue weighted by Gasteiger charge is 2.21. The zero-order chi connectivity index (χ0) is 13.1. The summed E-state index contributed by atoms with van der Waals surface area (Å²) in [4.78, 5) is 0. The van der Waals surface area contributed by atoms with Crippen LogP contribution in [0.4, 0.5) is 11.4 Å². The fourth-order valence-corrected chi connectivity index (χ4v) is 2.91. The lowest BCUT2D eigenvalue weighted by atomic mass is 9.93. The monoisotopic (exact) mass is 288 g/mol. The van der Waals surface area contributed by atoms with Gasteiger partial charge in [-0.2, -0.15) is 0 Å². The average Bonchev–Trinajstić information content (AvgIpc) is 2.34. The van der Waals surface area contributed by atoms with Gasteiger partial charge in [0, 0.05) is 24.9 Å². The lowest BCUT2D eigenvalue weighted by Gasteiger charge is -2.29. The molecule has 0 aromatic heterocycles. The van der Waals surface area contributed by atoms with E-state index < -0.39 is 0 Å². The number of nitrogen functional groups attached to an aromatic ring is 1. The standard InChI is InChI=1S/C13H18Cl2N2O/c1-8(9-2-4-18-5-3-9)17-13-11(14)6-10(16)7-12(13)15/h6-9,17H,2-5,16H2,1H3. The van der Waals surface area contributed by atoms with Gasteiger partial charge in [-0.05, 0) is 37.8 Å². The van der Waals surface area contributed by atoms with Crippen molar-refractivity contribution in [2.45, 2.75) is 25.8 Å². The number of halogens is 2. The number of hydrogen-bond donors (Lipinski definition) is 2. The second-order valence-corrected chi connectivity index (χ2v) is 5.56. The second kappa shape index (κ2) is 6.00. The van der Waals surface area contributed by atoms with Crippen molar-refractivity contribution in [3.8, 4) is 0 Å². The van der Waals surface area contributed by atoms with Gasteiger partial charge in [0.2, 0.25) is 0 Å². The van der Waals surface area contributed by atoms with E-state index in [4.69, 9.17) is 33.7 Å². The van der Waals surface area contributed by atoms with Gasteiger partial charge < -0.3 is 15.8 Å². The third-order valence-corrected chi connectivity index (χ3v) is 4.01. The lowest BCUT2D eigenvalue weighted by molar-refractivity contribution is 0.0622. The van der Waals surface area contributed by atoms with Crippen LogP contribution < -0.4 is 11.1 Å². The van der Waals surface area contributed by atoms with Crippen LogP contribution in [0.15, 0.2) is 12.1 Å². The molecule has 0 aliphatic carbocycles. The third-order valence-electron chi connectivity index (χ3n) is 3.41. The Labute approximate surface area is 118 Å². The highest BCUT2D eigenvalue weighted by atomic mass is 35.5. The number of anilines is 2. The van der Waals surface area contributed by atoms with Gasteiger partial charge >= 0.3 is 0 Å². The maximum absolute atomic E-state index is 6.17. The highest BCUT2D eigenvalue weighted by molar-refractivity contribution is 6.39. The van der Waals surface area contributed by atoms with Crippen LogP contribution in [-0.4, -0.2) is 19.3 Å². The molecule has 0 bridgehead atoms. The van der Waals surface area contributed by atoms with Crippen LogP contribution in [0, 0.1) is 5.92 Å². The predicted octanol–water partition coefficient (Wildman–Crippen LogP) is 3.80. The predicted molar refractivity (Wildman–Crippen MR) is 77.5 cm³/mol. The molecular weight excluding hydrogens is 271 g/mol. The summed E-state index contributed by atoms with van der Waals surface area (Å²) in [5.41, 5.74) is 7.04. The van der Waals surface area contributed by atoms with Crippen LogP contribution in [0.5, 0.6) is 0 Å². The number of ether oxygens (including phenoxy) is 1. The van der Waals surface area contributed by atoms with Gasteiger partial charge in [0.05, 0.1) is 15.7 Å². The van der Waals surface area contributed by atoms with Gasteiger partial charge in [0.15, 0.2) is 0 Å². The zero-order valence-corrected chi connectivity index (χ0v) is 11.9. The number of nitrogens with one attached hydrogen (secondary N) is 1. The number of rotatable bonds is 3. The molecule has 3 nitrogen and oxygen atoms in total. The maximum Gasteiger partial charge on any atom is 0.0722 e. The Balaban J connectivity index is 2.08. The molecular formula is C13H18Cl2N2O. The normalized spacial score (nSPS) is 18.6. The van der Waals surface area contributed by atoms with Crippen LogP contribution in [0.1, 0.15) is 19.8 Å². The van der Waals surface area contributed by atoms with Crippen LogP contribution in [-0.2, 0) is 4.74 Å². The average molecular weight is 289 g/mol. The summed E-state index contributed by atoms with van der Waals surface area (Å²) < 4.78 is 5.37. The van der Waals surface area contributed by atoms with E-state index in [-0.39, 0.29) is 0 Å². The molecule has 0 radical (unpaired) electrons. The van der Waals surface area contributed by atoms with Gasteiger partial charge in [0.1, 0.15) is 0 Å². The maximum atomic E-state index is 6.17. The summed E-state index contributed by atoms with van der Waals surface area (Å²) in [6, 6.07) is 3.74. The summed E-state index contributed by atoms with van der Waals surface area (Å²) in [6.07, 6.45) is 2.14. The molecule has 0 saturated carbocycles. The van der Waals surface area contributed by atoms with Crippen molar-refractivity contribution in [3.05, 3.63) is 22.2 Å². The Morgan fingerprint density at radius 3 is 2.39 bits per heavy atom. The van der Waals surface area contributed by atoms with E-state index in [1.165, 1.54) is 0 Å². The van der Waals surface area contributed by atoms with E-state index in [1.807, 2.05) is 0 Å². The van der Waals surface area contributed by atoms with Gasteiger partial charge in [0.25, 0.3) is 0 Å². The van der Waals surface area contributed by atoms with Crippen LogP contribution >= 0.6 is 23.2 Å². The summed E-state index contributed by atoms with van der Waals surface area (Å²) in [5, 5.41) is 4.54. The quantitative estimate of drug-likeness (QED) is 0.832. The molecule has 3 N–H and O–H groups in total. The number of hydrogen-bond acceptors (Lipinski definition) is 3. The summed E-state index contributed by atoms with van der Waals surface area (Å²) in [5.74, 6) is 0.587. The Hall–Kier alpha value is -0.640. The molecule has 1 atom stereocenters. The van der Waals surface area contributed by atoms with E-state index in [0.29, 0.717) is 27.7 Å². The molecule has 1 aliphatic rings. The fraction of sp³-hybridized carbons (Fsp3) is 0.538. The van der Waals surface area contributed by atoms with Crippen molar-refractivity contribution < 1.29 is 4.74 Å². The fourth-order valence-electron chi connectivity index (χ4n) is 2.29. The van der Waals surface area contributed by atoms with Gasteiger partial charge in [-0.25, -0.2) is 0 Å². The molecule has 1 aromatic carbocycles. The minimum Gasteiger partial charge on any atom is -0.399 e. The first-order valence-electron chi connectivity index (χ1n) is 6.16. The van der Waals surface area contributed by atoms with Crippen molar-refractivity contribution in [1.82, 2.24) is 0 Å². The second-order valence-electron chi connectivity index (χ2n) is 4.74. The highest BCUT2D eigenvalue weighted by Crippen LogP contribution is 2.34. The lowest BCUT2D eigenvalue weighted by Crippen LogP contribution is -2.31.